The maximum absolute atomic E-state index is 12.9. The van der Waals surface area contributed by atoms with E-state index in [0.29, 0.717) is 22.3 Å². The first-order valence-corrected chi connectivity index (χ1v) is 10.7. The van der Waals surface area contributed by atoms with Gasteiger partial charge in [-0.25, -0.2) is 4.79 Å². The van der Waals surface area contributed by atoms with Gasteiger partial charge >= 0.3 is 5.63 Å². The second-order valence-electron chi connectivity index (χ2n) is 8.13. The molecule has 154 valence electrons. The van der Waals surface area contributed by atoms with Crippen molar-refractivity contribution >= 4 is 33.3 Å². The molecule has 1 heterocycles. The molecule has 5 aromatic rings. The van der Waals surface area contributed by atoms with Crippen molar-refractivity contribution in [3.8, 4) is 11.1 Å². The average Bonchev–Trinajstić information content (AvgIpc) is 3.25. The smallest absolute Gasteiger partial charge is 0.344 e. The van der Waals surface area contributed by atoms with E-state index in [4.69, 9.17) is 4.42 Å². The fraction of sp³-hybridized carbons (Fsp3) is 0.0714. The zero-order chi connectivity index (χ0) is 21.7. The summed E-state index contributed by atoms with van der Waals surface area (Å²) in [6, 6.07) is 26.6. The van der Waals surface area contributed by atoms with Crippen molar-refractivity contribution in [3.63, 3.8) is 0 Å². The van der Waals surface area contributed by atoms with Crippen LogP contribution in [0.3, 0.4) is 0 Å². The van der Waals surface area contributed by atoms with Gasteiger partial charge in [0.1, 0.15) is 5.58 Å². The lowest BCUT2D eigenvalue weighted by Crippen LogP contribution is -2.12. The topological polar surface area (TPSA) is 59.3 Å². The van der Waals surface area contributed by atoms with Crippen LogP contribution in [0.1, 0.15) is 21.5 Å². The van der Waals surface area contributed by atoms with Crippen LogP contribution in [0.25, 0.3) is 32.9 Å². The number of benzene rings is 4. The van der Waals surface area contributed by atoms with Crippen molar-refractivity contribution in [1.29, 1.82) is 0 Å². The first-order valence-electron chi connectivity index (χ1n) is 10.7. The van der Waals surface area contributed by atoms with Crippen molar-refractivity contribution in [1.82, 2.24) is 0 Å². The number of nitrogens with one attached hydrogen (secondary N) is 1. The van der Waals surface area contributed by atoms with E-state index in [2.05, 4.69) is 23.5 Å². The average molecular weight is 417 g/mol. The van der Waals surface area contributed by atoms with Crippen molar-refractivity contribution in [2.24, 2.45) is 0 Å². The normalized spacial score (nSPS) is 12.4. The highest BCUT2D eigenvalue weighted by Gasteiger charge is 2.17. The lowest BCUT2D eigenvalue weighted by Gasteiger charge is -2.11. The summed E-state index contributed by atoms with van der Waals surface area (Å²) in [5.41, 5.74) is 5.38. The summed E-state index contributed by atoms with van der Waals surface area (Å²) in [6.07, 6.45) is 2.10. The molecular formula is C28H19NO3. The molecule has 1 aliphatic rings. The van der Waals surface area contributed by atoms with Gasteiger partial charge in [0.2, 0.25) is 0 Å². The number of fused-ring (bicyclic) bond motifs is 1. The summed E-state index contributed by atoms with van der Waals surface area (Å²) in [5.74, 6) is -0.180. The third-order valence-electron chi connectivity index (χ3n) is 6.22. The molecule has 1 aromatic heterocycles. The molecule has 0 bridgehead atoms. The number of hydrogen-bond donors (Lipinski definition) is 1. The van der Waals surface area contributed by atoms with Crippen molar-refractivity contribution in [2.45, 2.75) is 12.8 Å². The lowest BCUT2D eigenvalue weighted by molar-refractivity contribution is 0.102. The van der Waals surface area contributed by atoms with E-state index in [0.717, 1.165) is 29.3 Å². The summed E-state index contributed by atoms with van der Waals surface area (Å²) in [4.78, 5) is 25.4. The van der Waals surface area contributed by atoms with E-state index in [1.165, 1.54) is 16.5 Å². The maximum atomic E-state index is 12.9. The predicted octanol–water partition coefficient (Wildman–Crippen LogP) is 5.96. The van der Waals surface area contributed by atoms with Crippen molar-refractivity contribution < 1.29 is 9.21 Å². The second-order valence-corrected chi connectivity index (χ2v) is 8.13. The third kappa shape index (κ3) is 3.00. The minimum absolute atomic E-state index is 0.180. The van der Waals surface area contributed by atoms with Gasteiger partial charge in [0.25, 0.3) is 5.91 Å². The minimum Gasteiger partial charge on any atom is -0.422 e. The Morgan fingerprint density at radius 2 is 1.59 bits per heavy atom. The molecule has 0 unspecified atom stereocenters. The predicted molar refractivity (Wildman–Crippen MR) is 127 cm³/mol. The molecule has 1 amide bonds. The second kappa shape index (κ2) is 7.20. The molecule has 0 fully saturated rings. The van der Waals surface area contributed by atoms with Crippen LogP contribution in [0.15, 0.2) is 94.1 Å². The number of carbonyl (C=O) groups excluding carboxylic acids is 1. The van der Waals surface area contributed by atoms with Gasteiger partial charge in [-0.05, 0) is 65.3 Å². The van der Waals surface area contributed by atoms with Gasteiger partial charge in [-0.2, -0.15) is 0 Å². The highest BCUT2D eigenvalue weighted by atomic mass is 16.4. The van der Waals surface area contributed by atoms with Crippen molar-refractivity contribution in [2.75, 3.05) is 5.32 Å². The molecule has 4 heteroatoms. The van der Waals surface area contributed by atoms with Crippen LogP contribution < -0.4 is 10.9 Å². The van der Waals surface area contributed by atoms with E-state index < -0.39 is 5.63 Å². The summed E-state index contributed by atoms with van der Waals surface area (Å²) in [7, 11) is 0. The zero-order valence-corrected chi connectivity index (χ0v) is 17.2. The number of aryl methyl sites for hydroxylation is 2. The van der Waals surface area contributed by atoms with E-state index in [-0.39, 0.29) is 5.91 Å². The molecule has 4 aromatic carbocycles. The van der Waals surface area contributed by atoms with Gasteiger partial charge in [-0.3, -0.25) is 4.79 Å². The van der Waals surface area contributed by atoms with Crippen molar-refractivity contribution in [3.05, 3.63) is 112 Å². The number of hydrogen-bond acceptors (Lipinski definition) is 3. The molecule has 4 nitrogen and oxygen atoms in total. The third-order valence-corrected chi connectivity index (χ3v) is 6.22. The molecule has 0 saturated heterocycles. The molecule has 6 rings (SSSR count). The molecule has 32 heavy (non-hydrogen) atoms. The minimum atomic E-state index is -0.395. The van der Waals surface area contributed by atoms with Gasteiger partial charge in [-0.15, -0.1) is 0 Å². The van der Waals surface area contributed by atoms with E-state index in [9.17, 15) is 9.59 Å². The number of carbonyl (C=O) groups is 1. The van der Waals surface area contributed by atoms with Gasteiger partial charge in [-0.1, -0.05) is 54.6 Å². The van der Waals surface area contributed by atoms with Crippen LogP contribution >= 0.6 is 0 Å². The highest BCUT2D eigenvalue weighted by Crippen LogP contribution is 2.35. The number of rotatable bonds is 3. The van der Waals surface area contributed by atoms with Crippen LogP contribution in [0, 0.1) is 0 Å². The fourth-order valence-corrected chi connectivity index (χ4v) is 4.61. The SMILES string of the molecule is O=C(Nc1ccc2c3c(cccc13)CC2)c1ccc(-c2cc3ccccc3oc2=O)cc1. The molecule has 0 radical (unpaired) electrons. The Hall–Kier alpha value is -4.18. The largest absolute Gasteiger partial charge is 0.422 e. The molecule has 0 atom stereocenters. The highest BCUT2D eigenvalue weighted by molar-refractivity contribution is 6.10. The van der Waals surface area contributed by atoms with Gasteiger partial charge in [0, 0.05) is 22.0 Å². The number of para-hydroxylation sites is 1. The van der Waals surface area contributed by atoms with Gasteiger partial charge in [0.05, 0.1) is 5.56 Å². The number of anilines is 1. The zero-order valence-electron chi connectivity index (χ0n) is 17.2. The van der Waals surface area contributed by atoms with Crippen LogP contribution in [0.5, 0.6) is 0 Å². The van der Waals surface area contributed by atoms with Gasteiger partial charge in [0.15, 0.2) is 0 Å². The van der Waals surface area contributed by atoms with Crippen LogP contribution in [0.2, 0.25) is 0 Å². The Balaban J connectivity index is 1.31. The Morgan fingerprint density at radius 1 is 0.812 bits per heavy atom. The summed E-state index contributed by atoms with van der Waals surface area (Å²) in [5, 5.41) is 6.26. The Morgan fingerprint density at radius 3 is 2.44 bits per heavy atom. The quantitative estimate of drug-likeness (QED) is 0.368. The molecule has 0 aliphatic heterocycles. The summed E-state index contributed by atoms with van der Waals surface area (Å²) < 4.78 is 5.43. The Labute approximate surface area is 184 Å². The van der Waals surface area contributed by atoms with Crippen LogP contribution in [0.4, 0.5) is 5.69 Å². The summed E-state index contributed by atoms with van der Waals surface area (Å²) >= 11 is 0. The molecule has 1 N–H and O–H groups in total. The first-order chi connectivity index (χ1) is 15.7. The number of amides is 1. The summed E-state index contributed by atoms with van der Waals surface area (Å²) in [6.45, 7) is 0. The van der Waals surface area contributed by atoms with Crippen LogP contribution in [-0.2, 0) is 12.8 Å². The first kappa shape index (κ1) is 18.6. The molecule has 1 aliphatic carbocycles. The molecule has 0 spiro atoms. The fourth-order valence-electron chi connectivity index (χ4n) is 4.61. The lowest BCUT2D eigenvalue weighted by atomic mass is 10.0. The van der Waals surface area contributed by atoms with E-state index in [1.54, 1.807) is 30.3 Å². The molecule has 0 saturated carbocycles. The Kier molecular flexibility index (Phi) is 4.18. The molecular weight excluding hydrogens is 398 g/mol. The van der Waals surface area contributed by atoms with E-state index in [1.807, 2.05) is 36.4 Å². The van der Waals surface area contributed by atoms with Crippen LogP contribution in [-0.4, -0.2) is 5.91 Å². The standard InChI is InChI=1S/C28H19NO3/c30-27(29-24-15-14-19-11-10-18-5-3-6-22(24)26(18)19)20-12-8-17(9-13-20)23-16-21-4-1-2-7-25(21)32-28(23)31/h1-9,12-16H,10-11H2,(H,29,30). The van der Waals surface area contributed by atoms with E-state index >= 15 is 0 Å². The maximum Gasteiger partial charge on any atom is 0.344 e. The van der Waals surface area contributed by atoms with Gasteiger partial charge < -0.3 is 9.73 Å². The Bertz CT molecular complexity index is 1570. The monoisotopic (exact) mass is 417 g/mol.